The maximum atomic E-state index is 5.43. The number of aromatic nitrogens is 3. The Bertz CT molecular complexity index is 748. The van der Waals surface area contributed by atoms with Crippen LogP contribution in [0.2, 0.25) is 0 Å². The Balaban J connectivity index is 0.00000280. The number of nitrogens with one attached hydrogen (secondary N) is 1. The van der Waals surface area contributed by atoms with Gasteiger partial charge in [-0.1, -0.05) is 25.1 Å². The van der Waals surface area contributed by atoms with Crippen LogP contribution in [-0.4, -0.2) is 53.6 Å². The average Bonchev–Trinajstić information content (AvgIpc) is 3.33. The topological polar surface area (TPSA) is 67.6 Å². The molecule has 2 aromatic rings. The average molecular weight is 498 g/mol. The van der Waals surface area contributed by atoms with Crippen molar-refractivity contribution in [2.75, 3.05) is 37.7 Å². The molecule has 0 fully saturated rings. The van der Waals surface area contributed by atoms with E-state index >= 15 is 0 Å². The number of hydrogen-bond donors (Lipinski definition) is 1. The second-order valence-electron chi connectivity index (χ2n) is 6.51. The van der Waals surface area contributed by atoms with Gasteiger partial charge in [-0.15, -0.1) is 34.2 Å². The zero-order valence-corrected chi connectivity index (χ0v) is 19.1. The van der Waals surface area contributed by atoms with E-state index in [-0.39, 0.29) is 24.0 Å². The van der Waals surface area contributed by atoms with Crippen LogP contribution in [0.4, 0.5) is 5.69 Å². The van der Waals surface area contributed by atoms with E-state index in [1.807, 2.05) is 6.92 Å². The van der Waals surface area contributed by atoms with Crippen LogP contribution >= 0.6 is 24.0 Å². The van der Waals surface area contributed by atoms with Crippen LogP contribution in [0.25, 0.3) is 0 Å². The lowest BCUT2D eigenvalue weighted by Gasteiger charge is -2.23. The summed E-state index contributed by atoms with van der Waals surface area (Å²) in [7, 11) is 0. The normalized spacial score (nSPS) is 13.4. The number of para-hydroxylation sites is 1. The van der Waals surface area contributed by atoms with Crippen molar-refractivity contribution >= 4 is 35.6 Å². The van der Waals surface area contributed by atoms with Crippen molar-refractivity contribution < 1.29 is 4.74 Å². The van der Waals surface area contributed by atoms with Gasteiger partial charge in [-0.2, -0.15) is 0 Å². The van der Waals surface area contributed by atoms with Gasteiger partial charge in [0.2, 0.25) is 0 Å². The summed E-state index contributed by atoms with van der Waals surface area (Å²) >= 11 is 0. The molecule has 2 heterocycles. The summed E-state index contributed by atoms with van der Waals surface area (Å²) in [5, 5.41) is 11.7. The maximum absolute atomic E-state index is 5.43. The van der Waals surface area contributed by atoms with Crippen molar-refractivity contribution in [2.24, 2.45) is 4.99 Å². The van der Waals surface area contributed by atoms with Crippen LogP contribution in [0.15, 0.2) is 35.6 Å². The molecule has 154 valence electrons. The molecule has 0 atom stereocenters. The van der Waals surface area contributed by atoms with Crippen molar-refractivity contribution in [3.63, 3.8) is 0 Å². The van der Waals surface area contributed by atoms with E-state index in [1.54, 1.807) is 6.33 Å². The first-order valence-corrected chi connectivity index (χ1v) is 9.91. The number of halogens is 1. The van der Waals surface area contributed by atoms with Crippen molar-refractivity contribution in [1.29, 1.82) is 0 Å². The molecule has 0 bridgehead atoms. The Labute approximate surface area is 184 Å². The minimum atomic E-state index is 0. The van der Waals surface area contributed by atoms with E-state index in [2.05, 4.69) is 56.2 Å². The second-order valence-corrected chi connectivity index (χ2v) is 6.51. The van der Waals surface area contributed by atoms with Gasteiger partial charge in [-0.3, -0.25) is 4.99 Å². The summed E-state index contributed by atoms with van der Waals surface area (Å²) in [6, 6.07) is 8.57. The highest BCUT2D eigenvalue weighted by molar-refractivity contribution is 14.0. The van der Waals surface area contributed by atoms with E-state index in [1.165, 1.54) is 11.3 Å². The molecule has 1 aromatic carbocycles. The molecule has 3 rings (SSSR count). The van der Waals surface area contributed by atoms with Crippen LogP contribution < -0.4 is 10.2 Å². The fourth-order valence-corrected chi connectivity index (χ4v) is 3.32. The summed E-state index contributed by atoms with van der Waals surface area (Å²) in [6.45, 7) is 8.96. The van der Waals surface area contributed by atoms with E-state index < -0.39 is 0 Å². The lowest BCUT2D eigenvalue weighted by Crippen LogP contribution is -2.42. The summed E-state index contributed by atoms with van der Waals surface area (Å²) < 4.78 is 7.53. The Kier molecular flexibility index (Phi) is 9.69. The summed E-state index contributed by atoms with van der Waals surface area (Å²) in [5.41, 5.74) is 2.64. The predicted molar refractivity (Wildman–Crippen MR) is 124 cm³/mol. The van der Waals surface area contributed by atoms with Crippen molar-refractivity contribution in [1.82, 2.24) is 20.1 Å². The van der Waals surface area contributed by atoms with Gasteiger partial charge in [0.25, 0.3) is 0 Å². The molecule has 0 aliphatic carbocycles. The number of guanidine groups is 1. The fourth-order valence-electron chi connectivity index (χ4n) is 3.32. The van der Waals surface area contributed by atoms with Gasteiger partial charge in [-0.05, 0) is 31.4 Å². The lowest BCUT2D eigenvalue weighted by molar-refractivity contribution is 0.146. The van der Waals surface area contributed by atoms with Gasteiger partial charge in [-0.25, -0.2) is 0 Å². The number of hydrogen-bond acceptors (Lipinski definition) is 4. The highest BCUT2D eigenvalue weighted by Gasteiger charge is 2.22. The number of rotatable bonds is 9. The second kappa shape index (κ2) is 12.0. The summed E-state index contributed by atoms with van der Waals surface area (Å²) in [4.78, 5) is 7.14. The largest absolute Gasteiger partial charge is 0.382 e. The predicted octanol–water partition coefficient (Wildman–Crippen LogP) is 2.89. The van der Waals surface area contributed by atoms with Crippen molar-refractivity contribution in [3.8, 4) is 0 Å². The van der Waals surface area contributed by atoms with Gasteiger partial charge in [0.05, 0.1) is 0 Å². The molecular formula is C20H31IN6O. The molecule has 8 heteroatoms. The molecule has 1 N–H and O–H groups in total. The van der Waals surface area contributed by atoms with Gasteiger partial charge in [0.15, 0.2) is 5.96 Å². The number of benzene rings is 1. The number of ether oxygens (including phenoxy) is 1. The molecule has 1 aliphatic heterocycles. The molecule has 1 aliphatic rings. The van der Waals surface area contributed by atoms with Crippen LogP contribution in [0.3, 0.4) is 0 Å². The molecule has 1 aromatic heterocycles. The van der Waals surface area contributed by atoms with Gasteiger partial charge < -0.3 is 19.5 Å². The molecule has 0 saturated heterocycles. The molecule has 0 amide bonds. The molecule has 0 radical (unpaired) electrons. The molecule has 7 nitrogen and oxygen atoms in total. The molecular weight excluding hydrogens is 467 g/mol. The Morgan fingerprint density at radius 3 is 2.96 bits per heavy atom. The first-order valence-electron chi connectivity index (χ1n) is 9.91. The number of aryl methyl sites for hydroxylation is 1. The smallest absolute Gasteiger partial charge is 0.198 e. The molecule has 0 unspecified atom stereocenters. The molecule has 28 heavy (non-hydrogen) atoms. The molecule has 0 saturated carbocycles. The van der Waals surface area contributed by atoms with Crippen LogP contribution in [0.1, 0.15) is 31.7 Å². The lowest BCUT2D eigenvalue weighted by atomic mass is 10.2. The van der Waals surface area contributed by atoms with Crippen LogP contribution in [-0.2, 0) is 24.1 Å². The zero-order valence-electron chi connectivity index (χ0n) is 16.8. The third-order valence-electron chi connectivity index (χ3n) is 4.70. The Morgan fingerprint density at radius 2 is 2.14 bits per heavy atom. The summed E-state index contributed by atoms with van der Waals surface area (Å²) in [6.07, 6.45) is 4.67. The summed E-state index contributed by atoms with van der Waals surface area (Å²) in [5.74, 6) is 1.96. The highest BCUT2D eigenvalue weighted by atomic mass is 127. The number of anilines is 1. The standard InChI is InChI=1S/C20H30N6O.HI/c1-3-19-24-23-16-25(19)14-12-22-20(21-11-7-15-27-4-2)26-13-10-17-8-5-6-9-18(17)26;/h5-6,8-9,16H,3-4,7,10-15H2,1-2H3,(H,21,22);1H. The van der Waals surface area contributed by atoms with Crippen LogP contribution in [0, 0.1) is 0 Å². The molecule has 0 spiro atoms. The maximum Gasteiger partial charge on any atom is 0.198 e. The third kappa shape index (κ3) is 5.91. The SMILES string of the molecule is CCOCCCN=C(NCCn1cnnc1CC)N1CCc2ccccc21.I. The van der Waals surface area contributed by atoms with Crippen molar-refractivity contribution in [2.45, 2.75) is 39.7 Å². The minimum Gasteiger partial charge on any atom is -0.382 e. The minimum absolute atomic E-state index is 0. The third-order valence-corrected chi connectivity index (χ3v) is 4.70. The first kappa shape index (κ1) is 22.6. The quantitative estimate of drug-likeness (QED) is 0.249. The van der Waals surface area contributed by atoms with E-state index in [0.717, 1.165) is 70.4 Å². The Hall–Kier alpha value is -1.68. The number of fused-ring (bicyclic) bond motifs is 1. The number of aliphatic imine (C=N–C) groups is 1. The van der Waals surface area contributed by atoms with E-state index in [0.29, 0.717) is 0 Å². The van der Waals surface area contributed by atoms with Gasteiger partial charge in [0.1, 0.15) is 12.2 Å². The van der Waals surface area contributed by atoms with Crippen molar-refractivity contribution in [3.05, 3.63) is 42.0 Å². The fraction of sp³-hybridized carbons (Fsp3) is 0.550. The Morgan fingerprint density at radius 1 is 1.29 bits per heavy atom. The van der Waals surface area contributed by atoms with E-state index in [4.69, 9.17) is 9.73 Å². The monoisotopic (exact) mass is 498 g/mol. The van der Waals surface area contributed by atoms with E-state index in [9.17, 15) is 0 Å². The zero-order chi connectivity index (χ0) is 18.9. The number of nitrogens with zero attached hydrogens (tertiary/aromatic N) is 5. The van der Waals surface area contributed by atoms with Gasteiger partial charge >= 0.3 is 0 Å². The van der Waals surface area contributed by atoms with Crippen LogP contribution in [0.5, 0.6) is 0 Å². The highest BCUT2D eigenvalue weighted by Crippen LogP contribution is 2.27. The first-order chi connectivity index (χ1) is 13.3. The van der Waals surface area contributed by atoms with Gasteiger partial charge in [0, 0.05) is 51.5 Å².